The first-order chi connectivity index (χ1) is 17.3. The monoisotopic (exact) mass is 521 g/mol. The van der Waals surface area contributed by atoms with Gasteiger partial charge in [-0.2, -0.15) is 0 Å². The maximum absolute atomic E-state index is 13.9. The second-order valence-corrected chi connectivity index (χ2v) is 9.73. The van der Waals surface area contributed by atoms with Crippen molar-refractivity contribution in [1.82, 2.24) is 0 Å². The first kappa shape index (κ1) is 22.9. The minimum Gasteiger partial charge on any atom is -0.496 e. The first-order valence-corrected chi connectivity index (χ1v) is 11.9. The highest BCUT2D eigenvalue weighted by Gasteiger charge is 2.75. The number of Topliss-reactive ketones (excluding diaryl/α,β-unsaturated/α-hetero) is 2. The summed E-state index contributed by atoms with van der Waals surface area (Å²) in [5.74, 6) is -4.75. The number of benzene rings is 3. The molecule has 1 aliphatic carbocycles. The predicted octanol–water partition coefficient (Wildman–Crippen LogP) is 4.70. The average molecular weight is 522 g/mol. The quantitative estimate of drug-likeness (QED) is 0.366. The van der Waals surface area contributed by atoms with Gasteiger partial charge in [-0.05, 0) is 42.5 Å². The molecule has 3 aromatic rings. The number of nitrogens with zero attached hydrogens (tertiary/aromatic N) is 1. The summed E-state index contributed by atoms with van der Waals surface area (Å²) in [5, 5.41) is 0.765. The highest BCUT2D eigenvalue weighted by Crippen LogP contribution is 2.58. The number of amides is 2. The van der Waals surface area contributed by atoms with Gasteiger partial charge in [-0.15, -0.1) is 0 Å². The van der Waals surface area contributed by atoms with E-state index in [9.17, 15) is 19.2 Å². The van der Waals surface area contributed by atoms with E-state index >= 15 is 0 Å². The van der Waals surface area contributed by atoms with Gasteiger partial charge in [0.25, 0.3) is 0 Å². The maximum atomic E-state index is 13.9. The van der Waals surface area contributed by atoms with Gasteiger partial charge >= 0.3 is 0 Å². The Morgan fingerprint density at radius 2 is 1.44 bits per heavy atom. The number of ether oxygens (including phenoxy) is 2. The molecule has 0 unspecified atom stereocenters. The van der Waals surface area contributed by atoms with E-state index < -0.39 is 46.9 Å². The molecule has 0 aromatic heterocycles. The second kappa shape index (κ2) is 8.00. The Hall–Kier alpha value is -3.52. The van der Waals surface area contributed by atoms with Crippen molar-refractivity contribution >= 4 is 52.3 Å². The molecule has 0 saturated carbocycles. The highest BCUT2D eigenvalue weighted by molar-refractivity contribution is 6.37. The van der Waals surface area contributed by atoms with Crippen LogP contribution in [0.3, 0.4) is 0 Å². The largest absolute Gasteiger partial charge is 0.496 e. The van der Waals surface area contributed by atoms with Crippen LogP contribution in [0.5, 0.6) is 5.75 Å². The summed E-state index contributed by atoms with van der Waals surface area (Å²) in [6.45, 7) is 0. The molecule has 0 radical (unpaired) electrons. The lowest BCUT2D eigenvalue weighted by Gasteiger charge is -2.27. The fraction of sp³-hybridized carbons (Fsp3) is 0.185. The van der Waals surface area contributed by atoms with Crippen LogP contribution in [-0.2, 0) is 14.3 Å². The normalized spacial score (nSPS) is 24.0. The van der Waals surface area contributed by atoms with E-state index in [0.717, 1.165) is 4.90 Å². The van der Waals surface area contributed by atoms with E-state index in [1.54, 1.807) is 42.5 Å². The molecular weight excluding hydrogens is 505 g/mol. The van der Waals surface area contributed by atoms with Gasteiger partial charge in [0.2, 0.25) is 29.0 Å². The number of carbonyl (C=O) groups excluding carboxylic acids is 4. The van der Waals surface area contributed by atoms with E-state index in [2.05, 4.69) is 0 Å². The highest BCUT2D eigenvalue weighted by atomic mass is 35.5. The van der Waals surface area contributed by atoms with Crippen molar-refractivity contribution in [3.05, 3.63) is 93.5 Å². The predicted molar refractivity (Wildman–Crippen MR) is 131 cm³/mol. The van der Waals surface area contributed by atoms with Crippen LogP contribution in [0.15, 0.2) is 66.7 Å². The van der Waals surface area contributed by atoms with E-state index in [1.807, 2.05) is 0 Å². The molecule has 3 aliphatic rings. The fourth-order valence-corrected chi connectivity index (χ4v) is 5.88. The summed E-state index contributed by atoms with van der Waals surface area (Å²) >= 11 is 12.3. The number of hydrogen-bond donors (Lipinski definition) is 0. The van der Waals surface area contributed by atoms with Crippen LogP contribution >= 0.6 is 23.2 Å². The molecule has 3 aromatic carbocycles. The zero-order valence-electron chi connectivity index (χ0n) is 18.7. The van der Waals surface area contributed by atoms with Crippen LogP contribution in [0.4, 0.5) is 5.69 Å². The number of rotatable bonds is 3. The van der Waals surface area contributed by atoms with Crippen molar-refractivity contribution in [2.45, 2.75) is 11.7 Å². The molecule has 0 bridgehead atoms. The van der Waals surface area contributed by atoms with Crippen molar-refractivity contribution in [1.29, 1.82) is 0 Å². The van der Waals surface area contributed by atoms with Crippen LogP contribution in [-0.4, -0.2) is 36.1 Å². The lowest BCUT2D eigenvalue weighted by Crippen LogP contribution is -2.51. The van der Waals surface area contributed by atoms with E-state index in [4.69, 9.17) is 32.7 Å². The number of methoxy groups -OCH3 is 1. The van der Waals surface area contributed by atoms with Gasteiger partial charge in [0.1, 0.15) is 11.9 Å². The van der Waals surface area contributed by atoms with Crippen molar-refractivity contribution in [3.8, 4) is 5.75 Å². The van der Waals surface area contributed by atoms with Crippen molar-refractivity contribution in [2.75, 3.05) is 12.0 Å². The number of hydrogen-bond acceptors (Lipinski definition) is 6. The second-order valence-electron chi connectivity index (χ2n) is 8.86. The van der Waals surface area contributed by atoms with E-state index in [0.29, 0.717) is 21.4 Å². The van der Waals surface area contributed by atoms with Gasteiger partial charge in [0, 0.05) is 26.7 Å². The molecule has 2 fully saturated rings. The Labute approximate surface area is 215 Å². The average Bonchev–Trinajstić information content (AvgIpc) is 3.45. The maximum Gasteiger partial charge on any atom is 0.241 e. The molecule has 180 valence electrons. The van der Waals surface area contributed by atoms with E-state index in [1.165, 1.54) is 31.4 Å². The third kappa shape index (κ3) is 2.91. The van der Waals surface area contributed by atoms with Gasteiger partial charge in [0.15, 0.2) is 0 Å². The summed E-state index contributed by atoms with van der Waals surface area (Å²) < 4.78 is 11.8. The molecule has 1 spiro atoms. The summed E-state index contributed by atoms with van der Waals surface area (Å²) in [5.41, 5.74) is -1.21. The van der Waals surface area contributed by atoms with Gasteiger partial charge in [-0.3, -0.25) is 19.2 Å². The standard InChI is InChI=1S/C27H17Cl2NO6/c1-35-19-11-8-14(29)12-18(19)22-20-21(26(34)30(25(20)33)15-9-6-13(28)7-10-15)27(36-22)23(31)16-4-2-3-5-17(16)24(27)32/h2-12,20-22H,1H3/t20-,21-,22-/m0/s1. The Morgan fingerprint density at radius 3 is 2.06 bits per heavy atom. The Kier molecular flexibility index (Phi) is 5.09. The van der Waals surface area contributed by atoms with Gasteiger partial charge in [-0.1, -0.05) is 47.5 Å². The Bertz CT molecular complexity index is 1450. The van der Waals surface area contributed by atoms with Crippen LogP contribution in [0.25, 0.3) is 0 Å². The lowest BCUT2D eigenvalue weighted by atomic mass is 9.77. The molecule has 0 N–H and O–H groups in total. The first-order valence-electron chi connectivity index (χ1n) is 11.1. The fourth-order valence-electron chi connectivity index (χ4n) is 5.57. The van der Waals surface area contributed by atoms with Gasteiger partial charge in [0.05, 0.1) is 24.6 Å². The van der Waals surface area contributed by atoms with Crippen molar-refractivity contribution < 1.29 is 28.7 Å². The summed E-state index contributed by atoms with van der Waals surface area (Å²) in [6, 6.07) is 17.3. The SMILES string of the molecule is COc1ccc(Cl)cc1[C@@H]1OC2(C(=O)c3ccccc3C2=O)[C@@H]2C(=O)N(c3ccc(Cl)cc3)C(=O)[C@@H]21. The molecule has 2 heterocycles. The summed E-state index contributed by atoms with van der Waals surface area (Å²) in [7, 11) is 1.44. The number of fused-ring (bicyclic) bond motifs is 3. The zero-order valence-corrected chi connectivity index (χ0v) is 20.2. The molecule has 3 atom stereocenters. The van der Waals surface area contributed by atoms with Gasteiger partial charge in [-0.25, -0.2) is 4.90 Å². The van der Waals surface area contributed by atoms with E-state index in [-0.39, 0.29) is 16.8 Å². The number of carbonyl (C=O) groups is 4. The Morgan fingerprint density at radius 1 is 0.833 bits per heavy atom. The van der Waals surface area contributed by atoms with Crippen LogP contribution in [0.2, 0.25) is 10.0 Å². The van der Waals surface area contributed by atoms with Crippen molar-refractivity contribution in [3.63, 3.8) is 0 Å². The Balaban J connectivity index is 1.57. The topological polar surface area (TPSA) is 90.0 Å². The minimum absolute atomic E-state index is 0.158. The number of anilines is 1. The number of halogens is 2. The van der Waals surface area contributed by atoms with Gasteiger partial charge < -0.3 is 9.47 Å². The molecule has 2 saturated heterocycles. The minimum atomic E-state index is -2.18. The third-order valence-corrected chi connectivity index (χ3v) is 7.59. The molecule has 7 nitrogen and oxygen atoms in total. The molecule has 6 rings (SSSR count). The molecule has 9 heteroatoms. The molecule has 2 aliphatic heterocycles. The van der Waals surface area contributed by atoms with Crippen LogP contribution < -0.4 is 9.64 Å². The van der Waals surface area contributed by atoms with Crippen LogP contribution in [0, 0.1) is 11.8 Å². The molecular formula is C27H17Cl2NO6. The lowest BCUT2D eigenvalue weighted by molar-refractivity contribution is -0.127. The summed E-state index contributed by atoms with van der Waals surface area (Å²) in [4.78, 5) is 56.4. The van der Waals surface area contributed by atoms with Crippen LogP contribution in [0.1, 0.15) is 32.4 Å². The zero-order chi connectivity index (χ0) is 25.4. The summed E-state index contributed by atoms with van der Waals surface area (Å²) in [6.07, 6.45) is -1.14. The third-order valence-electron chi connectivity index (χ3n) is 7.10. The molecule has 2 amide bonds. The number of imide groups is 1. The number of ketones is 2. The van der Waals surface area contributed by atoms with Crippen molar-refractivity contribution in [2.24, 2.45) is 11.8 Å². The smallest absolute Gasteiger partial charge is 0.241 e. The molecule has 36 heavy (non-hydrogen) atoms.